The molecule has 194 valence electrons. The lowest BCUT2D eigenvalue weighted by molar-refractivity contribution is -0.152. The predicted molar refractivity (Wildman–Crippen MR) is 129 cm³/mol. The molecule has 3 aliphatic rings. The smallest absolute Gasteiger partial charge is 0.333 e. The van der Waals surface area contributed by atoms with Crippen molar-refractivity contribution >= 4 is 23.5 Å². The molecule has 34 heavy (non-hydrogen) atoms. The molecule has 0 heterocycles. The molecular weight excluding hydrogens is 462 g/mol. The van der Waals surface area contributed by atoms with Crippen LogP contribution < -0.4 is 0 Å². The van der Waals surface area contributed by atoms with Gasteiger partial charge in [0, 0.05) is 12.0 Å². The molecule has 0 saturated heterocycles. The van der Waals surface area contributed by atoms with Gasteiger partial charge in [0.25, 0.3) is 0 Å². The summed E-state index contributed by atoms with van der Waals surface area (Å²) in [6.45, 7) is 5.32. The molecule has 0 radical (unpaired) electrons. The van der Waals surface area contributed by atoms with Crippen LogP contribution >= 0.6 is 11.6 Å². The zero-order valence-corrected chi connectivity index (χ0v) is 21.2. The van der Waals surface area contributed by atoms with Crippen LogP contribution in [0.3, 0.4) is 0 Å². The van der Waals surface area contributed by atoms with Gasteiger partial charge in [-0.15, -0.1) is 11.6 Å². The fourth-order valence-electron chi connectivity index (χ4n) is 6.21. The molecular formula is C27H41ClF2O4. The predicted octanol–water partition coefficient (Wildman–Crippen LogP) is 6.88. The van der Waals surface area contributed by atoms with Crippen molar-refractivity contribution in [3.05, 3.63) is 12.2 Å². The van der Waals surface area contributed by atoms with Crippen molar-refractivity contribution in [1.29, 1.82) is 0 Å². The monoisotopic (exact) mass is 502 g/mol. The van der Waals surface area contributed by atoms with Gasteiger partial charge in [-0.2, -0.15) is 0 Å². The van der Waals surface area contributed by atoms with Crippen molar-refractivity contribution in [2.45, 2.75) is 114 Å². The number of carbonyl (C=O) groups excluding carboxylic acids is 2. The third kappa shape index (κ3) is 8.20. The zero-order chi connectivity index (χ0) is 24.7. The Kier molecular flexibility index (Phi) is 10.7. The summed E-state index contributed by atoms with van der Waals surface area (Å²) in [4.78, 5) is 23.4. The maximum absolute atomic E-state index is 14.0. The van der Waals surface area contributed by atoms with Crippen LogP contribution in [0.1, 0.15) is 90.4 Å². The number of halogens is 3. The number of carbonyl (C=O) groups is 2. The van der Waals surface area contributed by atoms with E-state index in [0.717, 1.165) is 50.9 Å². The Morgan fingerprint density at radius 1 is 0.912 bits per heavy atom. The first-order valence-corrected chi connectivity index (χ1v) is 13.6. The van der Waals surface area contributed by atoms with Gasteiger partial charge in [-0.05, 0) is 94.8 Å². The van der Waals surface area contributed by atoms with E-state index in [1.54, 1.807) is 6.92 Å². The maximum atomic E-state index is 14.0. The lowest BCUT2D eigenvalue weighted by Crippen LogP contribution is -2.37. The number of hydrogen-bond acceptors (Lipinski definition) is 4. The first-order chi connectivity index (χ1) is 16.2. The fourth-order valence-corrected chi connectivity index (χ4v) is 6.41. The van der Waals surface area contributed by atoms with Gasteiger partial charge in [-0.3, -0.25) is 4.79 Å². The van der Waals surface area contributed by atoms with Gasteiger partial charge in [-0.1, -0.05) is 19.4 Å². The summed E-state index contributed by atoms with van der Waals surface area (Å²) in [7, 11) is 0. The molecule has 3 saturated carbocycles. The van der Waals surface area contributed by atoms with Gasteiger partial charge in [0.1, 0.15) is 18.4 Å². The van der Waals surface area contributed by atoms with Crippen LogP contribution in [0.25, 0.3) is 0 Å². The number of hydrogen-bond donors (Lipinski definition) is 0. The molecule has 0 bridgehead atoms. The fraction of sp³-hybridized carbons (Fsp3) is 0.852. The highest BCUT2D eigenvalue weighted by Gasteiger charge is 2.39. The molecule has 2 atom stereocenters. The second-order valence-corrected chi connectivity index (χ2v) is 11.4. The quantitative estimate of drug-likeness (QED) is 0.149. The highest BCUT2D eigenvalue weighted by Crippen LogP contribution is 2.44. The summed E-state index contributed by atoms with van der Waals surface area (Å²) in [6.07, 6.45) is 8.78. The standard InChI is InChI=1S/C27H41ClF2O4/c1-17(2)27(32)33-13-3-4-25(31)34-22-11-9-21(10-12-22)20-7-5-18(6-8-20)14-19-15-23(29)26(28)24(30)16-19/h18-24,26H,1,3-16H2,2H3. The Hall–Kier alpha value is -1.17. The summed E-state index contributed by atoms with van der Waals surface area (Å²) in [6, 6.07) is 0. The highest BCUT2D eigenvalue weighted by atomic mass is 35.5. The summed E-state index contributed by atoms with van der Waals surface area (Å²) in [5.74, 6) is 1.47. The molecule has 0 aliphatic heterocycles. The Balaban J connectivity index is 1.28. The molecule has 2 unspecified atom stereocenters. The molecule has 0 aromatic heterocycles. The summed E-state index contributed by atoms with van der Waals surface area (Å²) in [5.41, 5.74) is 0.354. The number of rotatable bonds is 9. The first kappa shape index (κ1) is 27.4. The van der Waals surface area contributed by atoms with Gasteiger partial charge in [-0.25, -0.2) is 13.6 Å². The summed E-state index contributed by atoms with van der Waals surface area (Å²) >= 11 is 5.82. The molecule has 3 rings (SSSR count). The van der Waals surface area contributed by atoms with Crippen molar-refractivity contribution in [3.8, 4) is 0 Å². The molecule has 3 aliphatic carbocycles. The van der Waals surface area contributed by atoms with Crippen molar-refractivity contribution in [3.63, 3.8) is 0 Å². The van der Waals surface area contributed by atoms with E-state index < -0.39 is 23.7 Å². The van der Waals surface area contributed by atoms with E-state index in [9.17, 15) is 18.4 Å². The Labute approximate surface area is 208 Å². The van der Waals surface area contributed by atoms with E-state index in [1.807, 2.05) is 0 Å². The largest absolute Gasteiger partial charge is 0.462 e. The van der Waals surface area contributed by atoms with Crippen LogP contribution in [0.2, 0.25) is 0 Å². The SMILES string of the molecule is C=C(C)C(=O)OCCCC(=O)OC1CCC(C2CCC(CC3CC(F)C(Cl)C(F)C3)CC2)CC1. The van der Waals surface area contributed by atoms with E-state index >= 15 is 0 Å². The molecule has 0 aromatic rings. The van der Waals surface area contributed by atoms with Gasteiger partial charge in [0.2, 0.25) is 0 Å². The van der Waals surface area contributed by atoms with E-state index in [2.05, 4.69) is 6.58 Å². The van der Waals surface area contributed by atoms with Crippen molar-refractivity contribution in [2.75, 3.05) is 6.61 Å². The zero-order valence-electron chi connectivity index (χ0n) is 20.5. The minimum absolute atomic E-state index is 0.00240. The highest BCUT2D eigenvalue weighted by molar-refractivity contribution is 6.21. The second-order valence-electron chi connectivity index (χ2n) is 10.9. The molecule has 7 heteroatoms. The molecule has 0 amide bonds. The van der Waals surface area contributed by atoms with E-state index in [0.29, 0.717) is 36.7 Å². The summed E-state index contributed by atoms with van der Waals surface area (Å²) in [5, 5.41) is -0.965. The first-order valence-electron chi connectivity index (χ1n) is 13.2. The molecule has 0 N–H and O–H groups in total. The van der Waals surface area contributed by atoms with Crippen LogP contribution in [0.4, 0.5) is 8.78 Å². The topological polar surface area (TPSA) is 52.6 Å². The Morgan fingerprint density at radius 2 is 1.47 bits per heavy atom. The lowest BCUT2D eigenvalue weighted by atomic mass is 9.68. The minimum atomic E-state index is -1.21. The average molecular weight is 503 g/mol. The van der Waals surface area contributed by atoms with Crippen molar-refractivity contribution in [2.24, 2.45) is 23.7 Å². The number of alkyl halides is 3. The average Bonchev–Trinajstić information content (AvgIpc) is 2.81. The van der Waals surface area contributed by atoms with Gasteiger partial charge >= 0.3 is 11.9 Å². The third-order valence-corrected chi connectivity index (χ3v) is 8.70. The van der Waals surface area contributed by atoms with Crippen LogP contribution in [0, 0.1) is 23.7 Å². The Morgan fingerprint density at radius 3 is 2.03 bits per heavy atom. The van der Waals surface area contributed by atoms with Crippen LogP contribution in [-0.2, 0) is 19.1 Å². The van der Waals surface area contributed by atoms with Crippen molar-refractivity contribution < 1.29 is 27.8 Å². The third-order valence-electron chi connectivity index (χ3n) is 8.16. The second kappa shape index (κ2) is 13.2. The molecule has 4 nitrogen and oxygen atoms in total. The van der Waals surface area contributed by atoms with Gasteiger partial charge in [0.15, 0.2) is 0 Å². The van der Waals surface area contributed by atoms with Gasteiger partial charge in [0.05, 0.1) is 12.0 Å². The van der Waals surface area contributed by atoms with E-state index in [1.165, 1.54) is 12.8 Å². The van der Waals surface area contributed by atoms with Crippen LogP contribution in [0.5, 0.6) is 0 Å². The van der Waals surface area contributed by atoms with Gasteiger partial charge < -0.3 is 9.47 Å². The molecule has 0 aromatic carbocycles. The minimum Gasteiger partial charge on any atom is -0.462 e. The molecule has 3 fully saturated rings. The lowest BCUT2D eigenvalue weighted by Gasteiger charge is -2.39. The van der Waals surface area contributed by atoms with E-state index in [4.69, 9.17) is 21.1 Å². The van der Waals surface area contributed by atoms with Crippen LogP contribution in [0.15, 0.2) is 12.2 Å². The van der Waals surface area contributed by atoms with Crippen molar-refractivity contribution in [1.82, 2.24) is 0 Å². The molecule has 0 spiro atoms. The number of esters is 2. The summed E-state index contributed by atoms with van der Waals surface area (Å²) < 4.78 is 38.6. The van der Waals surface area contributed by atoms with Crippen LogP contribution in [-0.4, -0.2) is 42.4 Å². The normalized spacial score (nSPS) is 36.5. The van der Waals surface area contributed by atoms with E-state index in [-0.39, 0.29) is 31.0 Å². The number of ether oxygens (including phenoxy) is 2. The maximum Gasteiger partial charge on any atom is 0.333 e. The Bertz CT molecular complexity index is 674.